The van der Waals surface area contributed by atoms with E-state index in [1.807, 2.05) is 0 Å². The predicted molar refractivity (Wildman–Crippen MR) is 61.4 cm³/mol. The molecule has 0 aromatic rings. The Morgan fingerprint density at radius 1 is 1.13 bits per heavy atom. The summed E-state index contributed by atoms with van der Waals surface area (Å²) in [6.45, 7) is 4.41. The van der Waals surface area contributed by atoms with Crippen LogP contribution in [0.3, 0.4) is 0 Å². The van der Waals surface area contributed by atoms with Crippen LogP contribution >= 0.6 is 0 Å². The highest BCUT2D eigenvalue weighted by Crippen LogP contribution is 2.35. The van der Waals surface area contributed by atoms with Crippen LogP contribution in [0.15, 0.2) is 0 Å². The van der Waals surface area contributed by atoms with Crippen molar-refractivity contribution in [2.75, 3.05) is 6.61 Å². The number of hydrogen-bond acceptors (Lipinski definition) is 3. The predicted octanol–water partition coefficient (Wildman–Crippen LogP) is 1.13. The molecule has 1 aliphatic rings. The van der Waals surface area contributed by atoms with Gasteiger partial charge in [0.15, 0.2) is 0 Å². The van der Waals surface area contributed by atoms with E-state index in [4.69, 9.17) is 10.8 Å². The van der Waals surface area contributed by atoms with Crippen molar-refractivity contribution in [3.63, 3.8) is 0 Å². The maximum Gasteiger partial charge on any atom is 0.0741 e. The number of aliphatic hydroxyl groups is 2. The van der Waals surface area contributed by atoms with Crippen molar-refractivity contribution in [3.8, 4) is 0 Å². The van der Waals surface area contributed by atoms with Crippen LogP contribution in [0.4, 0.5) is 0 Å². The fraction of sp³-hybridized carbons (Fsp3) is 1.00. The average molecular weight is 215 g/mol. The summed E-state index contributed by atoms with van der Waals surface area (Å²) in [6.07, 6.45) is 3.97. The maximum absolute atomic E-state index is 9.88. The second kappa shape index (κ2) is 5.83. The van der Waals surface area contributed by atoms with Crippen LogP contribution in [0.5, 0.6) is 0 Å². The minimum Gasteiger partial charge on any atom is -0.395 e. The van der Waals surface area contributed by atoms with E-state index < -0.39 is 12.1 Å². The summed E-state index contributed by atoms with van der Waals surface area (Å²) in [5.74, 6) is 1.84. The lowest BCUT2D eigenvalue weighted by Crippen LogP contribution is -2.43. The third kappa shape index (κ3) is 3.44. The van der Waals surface area contributed by atoms with Gasteiger partial charge in [-0.05, 0) is 43.4 Å². The topological polar surface area (TPSA) is 66.5 Å². The van der Waals surface area contributed by atoms with Gasteiger partial charge in [0.25, 0.3) is 0 Å². The highest BCUT2D eigenvalue weighted by Gasteiger charge is 2.30. The third-order valence-electron chi connectivity index (χ3n) is 3.89. The quantitative estimate of drug-likeness (QED) is 0.658. The van der Waals surface area contributed by atoms with Crippen LogP contribution < -0.4 is 5.73 Å². The zero-order valence-electron chi connectivity index (χ0n) is 9.89. The lowest BCUT2D eigenvalue weighted by atomic mass is 9.74. The molecule has 3 heteroatoms. The Labute approximate surface area is 92.7 Å². The van der Waals surface area contributed by atoms with Crippen molar-refractivity contribution in [1.29, 1.82) is 0 Å². The van der Waals surface area contributed by atoms with Crippen molar-refractivity contribution in [1.82, 2.24) is 0 Å². The number of aliphatic hydroxyl groups excluding tert-OH is 2. The Morgan fingerprint density at radius 3 is 2.00 bits per heavy atom. The van der Waals surface area contributed by atoms with E-state index in [1.165, 1.54) is 12.8 Å². The summed E-state index contributed by atoms with van der Waals surface area (Å²) in [5.41, 5.74) is 5.64. The first-order valence-corrected chi connectivity index (χ1v) is 6.10. The molecule has 0 unspecified atom stereocenters. The Morgan fingerprint density at radius 2 is 1.60 bits per heavy atom. The zero-order chi connectivity index (χ0) is 11.4. The van der Waals surface area contributed by atoms with Crippen molar-refractivity contribution in [3.05, 3.63) is 0 Å². The monoisotopic (exact) mass is 215 g/mol. The van der Waals surface area contributed by atoms with Crippen LogP contribution in [0, 0.1) is 17.8 Å². The van der Waals surface area contributed by atoms with Gasteiger partial charge in [-0.1, -0.05) is 13.8 Å². The Hall–Kier alpha value is -0.120. The van der Waals surface area contributed by atoms with Crippen molar-refractivity contribution >= 4 is 0 Å². The van der Waals surface area contributed by atoms with Gasteiger partial charge in [0, 0.05) is 0 Å². The van der Waals surface area contributed by atoms with Crippen LogP contribution in [0.2, 0.25) is 0 Å². The minimum absolute atomic E-state index is 0.120. The van der Waals surface area contributed by atoms with Crippen LogP contribution in [0.1, 0.15) is 39.5 Å². The van der Waals surface area contributed by atoms with Gasteiger partial charge in [0.2, 0.25) is 0 Å². The lowest BCUT2D eigenvalue weighted by Gasteiger charge is -2.34. The molecule has 0 saturated heterocycles. The molecule has 2 atom stereocenters. The van der Waals surface area contributed by atoms with Crippen LogP contribution in [-0.4, -0.2) is 29.0 Å². The van der Waals surface area contributed by atoms with E-state index in [-0.39, 0.29) is 6.61 Å². The van der Waals surface area contributed by atoms with E-state index in [2.05, 4.69) is 13.8 Å². The van der Waals surface area contributed by atoms with Gasteiger partial charge in [-0.25, -0.2) is 0 Å². The number of hydrogen-bond donors (Lipinski definition) is 3. The molecule has 1 fully saturated rings. The van der Waals surface area contributed by atoms with E-state index in [0.717, 1.165) is 24.7 Å². The smallest absolute Gasteiger partial charge is 0.0741 e. The molecule has 0 radical (unpaired) electrons. The fourth-order valence-corrected chi connectivity index (χ4v) is 2.61. The molecule has 90 valence electrons. The van der Waals surface area contributed by atoms with Crippen molar-refractivity contribution in [2.45, 2.75) is 51.7 Å². The molecule has 0 aromatic heterocycles. The molecule has 15 heavy (non-hydrogen) atoms. The first-order valence-electron chi connectivity index (χ1n) is 6.10. The second-order valence-electron chi connectivity index (χ2n) is 5.26. The molecular formula is C12H25NO2. The van der Waals surface area contributed by atoms with Gasteiger partial charge in [0.05, 0.1) is 18.8 Å². The summed E-state index contributed by atoms with van der Waals surface area (Å²) in [7, 11) is 0. The molecule has 0 aromatic carbocycles. The molecule has 0 heterocycles. The summed E-state index contributed by atoms with van der Waals surface area (Å²) >= 11 is 0. The molecule has 0 aliphatic heterocycles. The molecule has 1 saturated carbocycles. The summed E-state index contributed by atoms with van der Waals surface area (Å²) < 4.78 is 0. The van der Waals surface area contributed by atoms with Crippen molar-refractivity contribution in [2.24, 2.45) is 23.5 Å². The average Bonchev–Trinajstić information content (AvgIpc) is 2.27. The van der Waals surface area contributed by atoms with E-state index in [0.29, 0.717) is 5.92 Å². The number of rotatable bonds is 4. The van der Waals surface area contributed by atoms with Crippen LogP contribution in [-0.2, 0) is 0 Å². The fourth-order valence-electron chi connectivity index (χ4n) is 2.61. The lowest BCUT2D eigenvalue weighted by molar-refractivity contribution is 0.0315. The number of nitrogens with two attached hydrogens (primary N) is 1. The molecule has 1 aliphatic carbocycles. The minimum atomic E-state index is -0.525. The first-order chi connectivity index (χ1) is 7.06. The van der Waals surface area contributed by atoms with E-state index in [9.17, 15) is 5.11 Å². The molecule has 1 rings (SSSR count). The third-order valence-corrected chi connectivity index (χ3v) is 3.89. The van der Waals surface area contributed by atoms with Gasteiger partial charge >= 0.3 is 0 Å². The maximum atomic E-state index is 9.88. The summed E-state index contributed by atoms with van der Waals surface area (Å²) in [5, 5.41) is 18.8. The zero-order valence-corrected chi connectivity index (χ0v) is 9.89. The Kier molecular flexibility index (Phi) is 5.03. The SMILES string of the molecule is CC(C)C1CCC([C@@H](O)[C@H](N)CO)CC1. The molecule has 4 N–H and O–H groups in total. The second-order valence-corrected chi connectivity index (χ2v) is 5.26. The molecule has 0 bridgehead atoms. The first kappa shape index (κ1) is 12.9. The molecular weight excluding hydrogens is 190 g/mol. The molecule has 0 amide bonds. The normalized spacial score (nSPS) is 31.6. The van der Waals surface area contributed by atoms with Crippen molar-refractivity contribution < 1.29 is 10.2 Å². The van der Waals surface area contributed by atoms with Gasteiger partial charge in [-0.3, -0.25) is 0 Å². The van der Waals surface area contributed by atoms with Gasteiger partial charge in [-0.2, -0.15) is 0 Å². The summed E-state index contributed by atoms with van der Waals surface area (Å²) in [6, 6.07) is -0.467. The Balaban J connectivity index is 2.36. The van der Waals surface area contributed by atoms with E-state index >= 15 is 0 Å². The Bertz CT molecular complexity index is 176. The largest absolute Gasteiger partial charge is 0.395 e. The van der Waals surface area contributed by atoms with Gasteiger partial charge < -0.3 is 15.9 Å². The van der Waals surface area contributed by atoms with Gasteiger partial charge in [-0.15, -0.1) is 0 Å². The van der Waals surface area contributed by atoms with Crippen LogP contribution in [0.25, 0.3) is 0 Å². The highest BCUT2D eigenvalue weighted by atomic mass is 16.3. The standard InChI is InChI=1S/C12H25NO2/c1-8(2)9-3-5-10(6-4-9)12(15)11(13)7-14/h8-12,14-15H,3-7,13H2,1-2H3/t9?,10?,11-,12-/m1/s1. The molecule has 0 spiro atoms. The van der Waals surface area contributed by atoms with Gasteiger partial charge in [0.1, 0.15) is 0 Å². The highest BCUT2D eigenvalue weighted by molar-refractivity contribution is 4.83. The van der Waals surface area contributed by atoms with E-state index in [1.54, 1.807) is 0 Å². The summed E-state index contributed by atoms with van der Waals surface area (Å²) in [4.78, 5) is 0. The molecule has 3 nitrogen and oxygen atoms in total.